The lowest BCUT2D eigenvalue weighted by molar-refractivity contribution is -0.148. The summed E-state index contributed by atoms with van der Waals surface area (Å²) >= 11 is 0. The van der Waals surface area contributed by atoms with Crippen LogP contribution in [0.15, 0.2) is 0 Å². The Morgan fingerprint density at radius 3 is 2.50 bits per heavy atom. The van der Waals surface area contributed by atoms with Crippen LogP contribution in [0.1, 0.15) is 6.92 Å². The van der Waals surface area contributed by atoms with Gasteiger partial charge in [-0.15, -0.1) is 0 Å². The van der Waals surface area contributed by atoms with Gasteiger partial charge in [-0.05, 0) is 6.92 Å². The molecule has 0 aromatic carbocycles. The maximum atomic E-state index is 11.7. The molecule has 1 rings (SSSR count). The molecule has 0 radical (unpaired) electrons. The molecular formula is C9H16N2O4S. The van der Waals surface area contributed by atoms with Crippen molar-refractivity contribution in [2.45, 2.75) is 13.0 Å². The van der Waals surface area contributed by atoms with E-state index in [4.69, 9.17) is 0 Å². The van der Waals surface area contributed by atoms with Crippen molar-refractivity contribution in [1.82, 2.24) is 9.80 Å². The molecule has 16 heavy (non-hydrogen) atoms. The summed E-state index contributed by atoms with van der Waals surface area (Å²) in [4.78, 5) is 26.1. The molecule has 0 aliphatic carbocycles. The van der Waals surface area contributed by atoms with Crippen molar-refractivity contribution in [3.05, 3.63) is 0 Å². The second-order valence-electron chi connectivity index (χ2n) is 4.09. The maximum absolute atomic E-state index is 11.7. The van der Waals surface area contributed by atoms with Gasteiger partial charge >= 0.3 is 0 Å². The van der Waals surface area contributed by atoms with Crippen molar-refractivity contribution < 1.29 is 18.0 Å². The highest BCUT2D eigenvalue weighted by Gasteiger charge is 2.33. The first-order chi connectivity index (χ1) is 7.22. The Bertz CT molecular complexity index is 404. The van der Waals surface area contributed by atoms with Crippen molar-refractivity contribution in [2.24, 2.45) is 0 Å². The highest BCUT2D eigenvalue weighted by Crippen LogP contribution is 2.10. The molecule has 0 N–H and O–H groups in total. The second kappa shape index (κ2) is 4.40. The molecule has 1 saturated heterocycles. The SMILES string of the molecule is CC1C(=O)N(C)CCN1C(=O)CS(C)(=O)=O. The van der Waals surface area contributed by atoms with Gasteiger partial charge in [-0.1, -0.05) is 0 Å². The smallest absolute Gasteiger partial charge is 0.244 e. The zero-order valence-electron chi connectivity index (χ0n) is 9.63. The predicted molar refractivity (Wildman–Crippen MR) is 58.5 cm³/mol. The monoisotopic (exact) mass is 248 g/mol. The van der Waals surface area contributed by atoms with Crippen LogP contribution in [0.3, 0.4) is 0 Å². The molecule has 0 saturated carbocycles. The summed E-state index contributed by atoms with van der Waals surface area (Å²) < 4.78 is 22.0. The molecule has 1 fully saturated rings. The third-order valence-electron chi connectivity index (χ3n) is 2.58. The van der Waals surface area contributed by atoms with Crippen LogP contribution in [-0.2, 0) is 19.4 Å². The standard InChI is InChI=1S/C9H16N2O4S/c1-7-9(13)10(2)4-5-11(7)8(12)6-16(3,14)15/h7H,4-6H2,1-3H3. The topological polar surface area (TPSA) is 74.8 Å². The lowest BCUT2D eigenvalue weighted by Gasteiger charge is -2.37. The van der Waals surface area contributed by atoms with Crippen molar-refractivity contribution in [3.8, 4) is 0 Å². The molecule has 0 bridgehead atoms. The summed E-state index contributed by atoms with van der Waals surface area (Å²) in [5, 5.41) is 0. The largest absolute Gasteiger partial charge is 0.342 e. The first-order valence-electron chi connectivity index (χ1n) is 4.94. The van der Waals surface area contributed by atoms with E-state index in [1.165, 1.54) is 9.80 Å². The zero-order chi connectivity index (χ0) is 12.5. The van der Waals surface area contributed by atoms with Gasteiger partial charge in [0.15, 0.2) is 9.84 Å². The fourth-order valence-electron chi connectivity index (χ4n) is 1.66. The number of hydrogen-bond donors (Lipinski definition) is 0. The fraction of sp³-hybridized carbons (Fsp3) is 0.778. The lowest BCUT2D eigenvalue weighted by Crippen LogP contribution is -2.57. The molecule has 0 spiro atoms. The normalized spacial score (nSPS) is 22.4. The summed E-state index contributed by atoms with van der Waals surface area (Å²) in [6.45, 7) is 2.44. The van der Waals surface area contributed by atoms with Gasteiger partial charge in [-0.3, -0.25) is 9.59 Å². The van der Waals surface area contributed by atoms with Crippen LogP contribution in [0.2, 0.25) is 0 Å². The van der Waals surface area contributed by atoms with Crippen LogP contribution < -0.4 is 0 Å². The van der Waals surface area contributed by atoms with Crippen LogP contribution in [-0.4, -0.2) is 68.2 Å². The molecule has 0 aromatic heterocycles. The van der Waals surface area contributed by atoms with Gasteiger partial charge < -0.3 is 9.80 Å². The summed E-state index contributed by atoms with van der Waals surface area (Å²) in [6, 6.07) is -0.576. The number of carbonyl (C=O) groups is 2. The Hall–Kier alpha value is -1.11. The van der Waals surface area contributed by atoms with E-state index >= 15 is 0 Å². The van der Waals surface area contributed by atoms with Gasteiger partial charge in [0.1, 0.15) is 11.8 Å². The average molecular weight is 248 g/mol. The Kier molecular flexibility index (Phi) is 3.57. The van der Waals surface area contributed by atoms with E-state index in [9.17, 15) is 18.0 Å². The molecule has 1 aliphatic heterocycles. The number of rotatable bonds is 2. The number of piperazine rings is 1. The Morgan fingerprint density at radius 2 is 2.00 bits per heavy atom. The molecule has 7 heteroatoms. The number of nitrogens with zero attached hydrogens (tertiary/aromatic N) is 2. The van der Waals surface area contributed by atoms with Gasteiger partial charge in [0.25, 0.3) is 0 Å². The minimum absolute atomic E-state index is 0.159. The molecule has 1 heterocycles. The molecule has 6 nitrogen and oxygen atoms in total. The highest BCUT2D eigenvalue weighted by molar-refractivity contribution is 7.91. The molecule has 2 amide bonds. The van der Waals surface area contributed by atoms with E-state index in [0.29, 0.717) is 13.1 Å². The molecule has 1 unspecified atom stereocenters. The van der Waals surface area contributed by atoms with Crippen molar-refractivity contribution in [2.75, 3.05) is 32.1 Å². The highest BCUT2D eigenvalue weighted by atomic mass is 32.2. The second-order valence-corrected chi connectivity index (χ2v) is 6.23. The predicted octanol–water partition coefficient (Wildman–Crippen LogP) is -1.28. The van der Waals surface area contributed by atoms with Gasteiger partial charge in [0.2, 0.25) is 11.8 Å². The Labute approximate surface area is 95.1 Å². The van der Waals surface area contributed by atoms with Crippen LogP contribution >= 0.6 is 0 Å². The van der Waals surface area contributed by atoms with Crippen molar-refractivity contribution in [1.29, 1.82) is 0 Å². The van der Waals surface area contributed by atoms with E-state index in [1.807, 2.05) is 0 Å². The van der Waals surface area contributed by atoms with Crippen LogP contribution in [0.25, 0.3) is 0 Å². The fourth-order valence-corrected chi connectivity index (χ4v) is 2.28. The van der Waals surface area contributed by atoms with E-state index in [-0.39, 0.29) is 5.91 Å². The van der Waals surface area contributed by atoms with E-state index in [2.05, 4.69) is 0 Å². The van der Waals surface area contributed by atoms with Crippen molar-refractivity contribution in [3.63, 3.8) is 0 Å². The lowest BCUT2D eigenvalue weighted by atomic mass is 10.2. The Morgan fingerprint density at radius 1 is 1.44 bits per heavy atom. The minimum atomic E-state index is -3.34. The van der Waals surface area contributed by atoms with E-state index in [1.54, 1.807) is 14.0 Å². The van der Waals surface area contributed by atoms with Crippen molar-refractivity contribution >= 4 is 21.7 Å². The number of likely N-dealkylation sites (N-methyl/N-ethyl adjacent to an activating group) is 1. The molecule has 0 aromatic rings. The zero-order valence-corrected chi connectivity index (χ0v) is 10.5. The molecular weight excluding hydrogens is 232 g/mol. The summed E-state index contributed by atoms with van der Waals surface area (Å²) in [6.07, 6.45) is 1.01. The quantitative estimate of drug-likeness (QED) is 0.610. The third kappa shape index (κ3) is 2.94. The summed E-state index contributed by atoms with van der Waals surface area (Å²) in [5.41, 5.74) is 0. The average Bonchev–Trinajstić information content (AvgIpc) is 2.11. The Balaban J connectivity index is 2.75. The van der Waals surface area contributed by atoms with Gasteiger partial charge in [-0.25, -0.2) is 8.42 Å². The molecule has 1 atom stereocenters. The van der Waals surface area contributed by atoms with Gasteiger partial charge in [0.05, 0.1) is 0 Å². The van der Waals surface area contributed by atoms with Gasteiger partial charge in [-0.2, -0.15) is 0 Å². The molecule has 92 valence electrons. The number of carbonyl (C=O) groups excluding carboxylic acids is 2. The summed E-state index contributed by atoms with van der Waals surface area (Å²) in [7, 11) is -1.68. The van der Waals surface area contributed by atoms with E-state index < -0.39 is 27.5 Å². The van der Waals surface area contributed by atoms with Crippen LogP contribution in [0, 0.1) is 0 Å². The first-order valence-corrected chi connectivity index (χ1v) is 7.00. The third-order valence-corrected chi connectivity index (χ3v) is 3.35. The van der Waals surface area contributed by atoms with Crippen LogP contribution in [0.5, 0.6) is 0 Å². The molecule has 1 aliphatic rings. The number of amides is 2. The van der Waals surface area contributed by atoms with E-state index in [0.717, 1.165) is 6.26 Å². The van der Waals surface area contributed by atoms with Gasteiger partial charge in [0, 0.05) is 26.4 Å². The number of sulfone groups is 1. The first kappa shape index (κ1) is 13.0. The number of hydrogen-bond acceptors (Lipinski definition) is 4. The summed E-state index contributed by atoms with van der Waals surface area (Å²) in [5.74, 6) is -1.20. The van der Waals surface area contributed by atoms with Crippen LogP contribution in [0.4, 0.5) is 0 Å². The minimum Gasteiger partial charge on any atom is -0.342 e. The maximum Gasteiger partial charge on any atom is 0.244 e.